The van der Waals surface area contributed by atoms with Gasteiger partial charge < -0.3 is 4.74 Å². The Kier molecular flexibility index (Phi) is 5.60. The van der Waals surface area contributed by atoms with Crippen molar-refractivity contribution in [2.24, 2.45) is 5.92 Å². The monoisotopic (exact) mass is 364 g/mol. The van der Waals surface area contributed by atoms with Crippen LogP contribution in [0.5, 0.6) is 5.75 Å². The lowest BCUT2D eigenvalue weighted by Crippen LogP contribution is -2.35. The van der Waals surface area contributed by atoms with Crippen LogP contribution in [0.4, 0.5) is 5.69 Å². The highest BCUT2D eigenvalue weighted by Crippen LogP contribution is 2.24. The summed E-state index contributed by atoms with van der Waals surface area (Å²) in [6, 6.07) is 14.7. The fraction of sp³-hybridized carbons (Fsp3) is 0.273. The molecule has 2 amide bonds. The Bertz CT molecular complexity index is 872. The van der Waals surface area contributed by atoms with Crippen molar-refractivity contribution in [2.45, 2.75) is 27.2 Å². The Morgan fingerprint density at radius 3 is 2.52 bits per heavy atom. The molecule has 0 spiro atoms. The minimum atomic E-state index is -0.404. The SMILES string of the molecule is Cc1cc(/C=C2\C(=O)NN(c3ccccc3)C2=O)ccc1OCCC(C)C. The molecular weight excluding hydrogens is 340 g/mol. The summed E-state index contributed by atoms with van der Waals surface area (Å²) in [6.07, 6.45) is 2.61. The number of ether oxygens (including phenoxy) is 1. The number of aryl methyl sites for hydroxylation is 1. The summed E-state index contributed by atoms with van der Waals surface area (Å²) < 4.78 is 5.81. The molecule has 1 fully saturated rings. The summed E-state index contributed by atoms with van der Waals surface area (Å²) in [6.45, 7) is 6.95. The highest BCUT2D eigenvalue weighted by Gasteiger charge is 2.34. The van der Waals surface area contributed by atoms with Gasteiger partial charge in [0.25, 0.3) is 11.8 Å². The van der Waals surface area contributed by atoms with E-state index in [2.05, 4.69) is 19.3 Å². The smallest absolute Gasteiger partial charge is 0.282 e. The molecule has 5 nitrogen and oxygen atoms in total. The second kappa shape index (κ2) is 8.08. The minimum Gasteiger partial charge on any atom is -0.493 e. The lowest BCUT2D eigenvalue weighted by atomic mass is 10.1. The van der Waals surface area contributed by atoms with Crippen LogP contribution in [0.1, 0.15) is 31.4 Å². The third-order valence-electron chi connectivity index (χ3n) is 4.37. The second-order valence-corrected chi connectivity index (χ2v) is 7.03. The molecule has 1 aliphatic rings. The summed E-state index contributed by atoms with van der Waals surface area (Å²) in [5.74, 6) is 0.652. The van der Waals surface area contributed by atoms with E-state index in [1.165, 1.54) is 5.01 Å². The first-order chi connectivity index (χ1) is 13.0. The van der Waals surface area contributed by atoms with Crippen LogP contribution in [0.2, 0.25) is 0 Å². The molecule has 1 heterocycles. The summed E-state index contributed by atoms with van der Waals surface area (Å²) in [5, 5.41) is 1.27. The molecule has 1 N–H and O–H groups in total. The first kappa shape index (κ1) is 18.7. The number of rotatable bonds is 6. The van der Waals surface area contributed by atoms with Crippen molar-refractivity contribution in [1.82, 2.24) is 5.43 Å². The maximum absolute atomic E-state index is 12.6. The molecule has 3 rings (SSSR count). The fourth-order valence-corrected chi connectivity index (χ4v) is 2.81. The predicted molar refractivity (Wildman–Crippen MR) is 106 cm³/mol. The standard InChI is InChI=1S/C22H24N2O3/c1-15(2)11-12-27-20-10-9-17(13-16(20)3)14-19-21(25)23-24(22(19)26)18-7-5-4-6-8-18/h4-10,13-15H,11-12H2,1-3H3,(H,23,25)/b19-14+. The van der Waals surface area contributed by atoms with Crippen molar-refractivity contribution in [1.29, 1.82) is 0 Å². The van der Waals surface area contributed by atoms with E-state index in [0.29, 0.717) is 18.2 Å². The molecule has 2 aromatic rings. The molecule has 1 aliphatic heterocycles. The van der Waals surface area contributed by atoms with E-state index in [-0.39, 0.29) is 11.5 Å². The quantitative estimate of drug-likeness (QED) is 0.625. The Hall–Kier alpha value is -3.08. The zero-order chi connectivity index (χ0) is 19.4. The number of benzene rings is 2. The van der Waals surface area contributed by atoms with Gasteiger partial charge in [0, 0.05) is 0 Å². The molecule has 140 valence electrons. The maximum atomic E-state index is 12.6. The molecule has 0 saturated carbocycles. The van der Waals surface area contributed by atoms with Crippen LogP contribution in [0.3, 0.4) is 0 Å². The highest BCUT2D eigenvalue weighted by atomic mass is 16.5. The van der Waals surface area contributed by atoms with Crippen molar-refractivity contribution in [2.75, 3.05) is 11.6 Å². The van der Waals surface area contributed by atoms with Crippen molar-refractivity contribution >= 4 is 23.6 Å². The van der Waals surface area contributed by atoms with Crippen molar-refractivity contribution < 1.29 is 14.3 Å². The third-order valence-corrected chi connectivity index (χ3v) is 4.37. The van der Waals surface area contributed by atoms with E-state index in [4.69, 9.17) is 4.74 Å². The molecule has 0 aliphatic carbocycles. The maximum Gasteiger partial charge on any atom is 0.282 e. The van der Waals surface area contributed by atoms with Gasteiger partial charge in [-0.1, -0.05) is 38.1 Å². The number of amides is 2. The Morgan fingerprint density at radius 1 is 1.11 bits per heavy atom. The van der Waals surface area contributed by atoms with Crippen LogP contribution in [-0.2, 0) is 9.59 Å². The van der Waals surface area contributed by atoms with Gasteiger partial charge in [-0.15, -0.1) is 0 Å². The summed E-state index contributed by atoms with van der Waals surface area (Å²) in [7, 11) is 0. The number of nitrogens with one attached hydrogen (secondary N) is 1. The number of para-hydroxylation sites is 1. The number of anilines is 1. The summed E-state index contributed by atoms with van der Waals surface area (Å²) in [4.78, 5) is 24.9. The lowest BCUT2D eigenvalue weighted by Gasteiger charge is -2.13. The van der Waals surface area contributed by atoms with Gasteiger partial charge in [-0.25, -0.2) is 5.01 Å². The average Bonchev–Trinajstić information content (AvgIpc) is 2.92. The van der Waals surface area contributed by atoms with E-state index in [1.807, 2.05) is 43.3 Å². The zero-order valence-electron chi connectivity index (χ0n) is 15.9. The van der Waals surface area contributed by atoms with Crippen LogP contribution in [0, 0.1) is 12.8 Å². The summed E-state index contributed by atoms with van der Waals surface area (Å²) >= 11 is 0. The number of hydrazine groups is 1. The molecular formula is C22H24N2O3. The van der Waals surface area contributed by atoms with E-state index in [9.17, 15) is 9.59 Å². The van der Waals surface area contributed by atoms with Crippen LogP contribution in [0.25, 0.3) is 6.08 Å². The van der Waals surface area contributed by atoms with Crippen molar-refractivity contribution in [3.8, 4) is 5.75 Å². The largest absolute Gasteiger partial charge is 0.493 e. The van der Waals surface area contributed by atoms with Crippen LogP contribution in [-0.4, -0.2) is 18.4 Å². The van der Waals surface area contributed by atoms with Crippen LogP contribution < -0.4 is 15.2 Å². The molecule has 5 heteroatoms. The van der Waals surface area contributed by atoms with Gasteiger partial charge in [0.05, 0.1) is 12.3 Å². The Balaban J connectivity index is 1.77. The number of carbonyl (C=O) groups excluding carboxylic acids is 2. The number of nitrogens with zero attached hydrogens (tertiary/aromatic N) is 1. The van der Waals surface area contributed by atoms with E-state index >= 15 is 0 Å². The normalized spacial score (nSPS) is 15.6. The molecule has 2 aromatic carbocycles. The minimum absolute atomic E-state index is 0.117. The fourth-order valence-electron chi connectivity index (χ4n) is 2.81. The Labute approximate surface area is 159 Å². The van der Waals surface area contributed by atoms with Crippen LogP contribution >= 0.6 is 0 Å². The van der Waals surface area contributed by atoms with Crippen LogP contribution in [0.15, 0.2) is 54.1 Å². The van der Waals surface area contributed by atoms with E-state index < -0.39 is 5.91 Å². The molecule has 27 heavy (non-hydrogen) atoms. The molecule has 0 aromatic heterocycles. The molecule has 0 bridgehead atoms. The topological polar surface area (TPSA) is 58.6 Å². The van der Waals surface area contributed by atoms with Gasteiger partial charge >= 0.3 is 0 Å². The number of hydrogen-bond donors (Lipinski definition) is 1. The Morgan fingerprint density at radius 2 is 1.85 bits per heavy atom. The van der Waals surface area contributed by atoms with Crippen molar-refractivity contribution in [3.63, 3.8) is 0 Å². The van der Waals surface area contributed by atoms with Crippen molar-refractivity contribution in [3.05, 3.63) is 65.2 Å². The summed E-state index contributed by atoms with van der Waals surface area (Å²) in [5.41, 5.74) is 5.11. The van der Waals surface area contributed by atoms with E-state index in [1.54, 1.807) is 18.2 Å². The predicted octanol–water partition coefficient (Wildman–Crippen LogP) is 3.88. The molecule has 0 unspecified atom stereocenters. The highest BCUT2D eigenvalue weighted by molar-refractivity contribution is 6.31. The third kappa shape index (κ3) is 4.37. The van der Waals surface area contributed by atoms with Gasteiger partial charge in [-0.2, -0.15) is 0 Å². The zero-order valence-corrected chi connectivity index (χ0v) is 15.9. The number of carbonyl (C=O) groups is 2. The average molecular weight is 364 g/mol. The van der Waals surface area contributed by atoms with Gasteiger partial charge in [0.15, 0.2) is 0 Å². The van der Waals surface area contributed by atoms with E-state index in [0.717, 1.165) is 23.3 Å². The van der Waals surface area contributed by atoms with Gasteiger partial charge in [-0.3, -0.25) is 15.0 Å². The lowest BCUT2D eigenvalue weighted by molar-refractivity contribution is -0.117. The molecule has 0 radical (unpaired) electrons. The second-order valence-electron chi connectivity index (χ2n) is 7.03. The van der Waals surface area contributed by atoms with Gasteiger partial charge in [-0.05, 0) is 60.7 Å². The first-order valence-electron chi connectivity index (χ1n) is 9.11. The molecule has 1 saturated heterocycles. The molecule has 0 atom stereocenters. The number of hydrogen-bond acceptors (Lipinski definition) is 3. The van der Waals surface area contributed by atoms with Gasteiger partial charge in [0.2, 0.25) is 0 Å². The van der Waals surface area contributed by atoms with Gasteiger partial charge in [0.1, 0.15) is 11.3 Å². The first-order valence-corrected chi connectivity index (χ1v) is 9.11.